The maximum absolute atomic E-state index is 3.65. The summed E-state index contributed by atoms with van der Waals surface area (Å²) in [5.74, 6) is 0. The van der Waals surface area contributed by atoms with Crippen LogP contribution >= 0.6 is 11.3 Å². The molecule has 2 heterocycles. The molecule has 0 saturated carbocycles. The van der Waals surface area contributed by atoms with Crippen LogP contribution in [0.25, 0.3) is 20.2 Å². The molecule has 1 N–H and O–H groups in total. The summed E-state index contributed by atoms with van der Waals surface area (Å²) >= 11 is 1.89. The predicted octanol–water partition coefficient (Wildman–Crippen LogP) is 6.44. The molecule has 4 aromatic rings. The monoisotopic (exact) mass is 315 g/mol. The maximum atomic E-state index is 3.65. The summed E-state index contributed by atoms with van der Waals surface area (Å²) in [6, 6.07) is 21.9. The SMILES string of the molecule is CC1(C)c2ccccc2Nc2ccc3sc4ccccc4c3c21. The molecule has 0 bridgehead atoms. The predicted molar refractivity (Wildman–Crippen MR) is 101 cm³/mol. The molecule has 0 amide bonds. The maximum Gasteiger partial charge on any atom is 0.0433 e. The van der Waals surface area contributed by atoms with E-state index in [0.717, 1.165) is 0 Å². The average molecular weight is 315 g/mol. The lowest BCUT2D eigenvalue weighted by Gasteiger charge is -2.36. The lowest BCUT2D eigenvalue weighted by molar-refractivity contribution is 0.645. The fourth-order valence-electron chi connectivity index (χ4n) is 3.99. The van der Waals surface area contributed by atoms with E-state index in [2.05, 4.69) is 79.8 Å². The molecule has 1 aromatic heterocycles. The number of fused-ring (bicyclic) bond motifs is 6. The van der Waals surface area contributed by atoms with Crippen LogP contribution in [0.2, 0.25) is 0 Å². The number of rotatable bonds is 0. The average Bonchev–Trinajstić information content (AvgIpc) is 2.93. The van der Waals surface area contributed by atoms with Gasteiger partial charge in [-0.15, -0.1) is 11.3 Å². The Balaban J connectivity index is 1.95. The Kier molecular flexibility index (Phi) is 2.49. The van der Waals surface area contributed by atoms with Crippen molar-refractivity contribution in [1.29, 1.82) is 0 Å². The molecular weight excluding hydrogens is 298 g/mol. The Hall–Kier alpha value is -2.32. The first-order chi connectivity index (χ1) is 11.2. The topological polar surface area (TPSA) is 12.0 Å². The second-order valence-electron chi connectivity index (χ2n) is 6.76. The minimum atomic E-state index is -0.0134. The third kappa shape index (κ3) is 1.67. The van der Waals surface area contributed by atoms with E-state index >= 15 is 0 Å². The summed E-state index contributed by atoms with van der Waals surface area (Å²) in [4.78, 5) is 0. The Morgan fingerprint density at radius 1 is 0.783 bits per heavy atom. The zero-order valence-electron chi connectivity index (χ0n) is 13.2. The van der Waals surface area contributed by atoms with Crippen LogP contribution in [-0.2, 0) is 5.41 Å². The number of benzene rings is 3. The number of para-hydroxylation sites is 1. The van der Waals surface area contributed by atoms with E-state index in [9.17, 15) is 0 Å². The Morgan fingerprint density at radius 2 is 1.57 bits per heavy atom. The van der Waals surface area contributed by atoms with E-state index in [4.69, 9.17) is 0 Å². The standard InChI is InChI=1S/C21H17NS/c1-21(2)14-8-4-5-9-15(14)22-16-11-12-18-19(20(16)21)13-7-3-6-10-17(13)23-18/h3-12,22H,1-2H3. The number of thiophene rings is 1. The zero-order chi connectivity index (χ0) is 15.6. The van der Waals surface area contributed by atoms with Gasteiger partial charge >= 0.3 is 0 Å². The summed E-state index contributed by atoms with van der Waals surface area (Å²) < 4.78 is 2.74. The molecule has 0 fully saturated rings. The van der Waals surface area contributed by atoms with Crippen LogP contribution in [-0.4, -0.2) is 0 Å². The minimum Gasteiger partial charge on any atom is -0.355 e. The molecule has 0 aliphatic carbocycles. The summed E-state index contributed by atoms with van der Waals surface area (Å²) in [5.41, 5.74) is 5.25. The molecule has 0 unspecified atom stereocenters. The summed E-state index contributed by atoms with van der Waals surface area (Å²) in [6.45, 7) is 4.69. The van der Waals surface area contributed by atoms with Crippen LogP contribution in [0.3, 0.4) is 0 Å². The van der Waals surface area contributed by atoms with Crippen LogP contribution in [0.1, 0.15) is 25.0 Å². The molecule has 0 atom stereocenters. The van der Waals surface area contributed by atoms with Crippen molar-refractivity contribution in [2.75, 3.05) is 5.32 Å². The van der Waals surface area contributed by atoms with Gasteiger partial charge < -0.3 is 5.32 Å². The van der Waals surface area contributed by atoms with E-state index in [0.29, 0.717) is 0 Å². The van der Waals surface area contributed by atoms with Gasteiger partial charge in [-0.1, -0.05) is 50.2 Å². The van der Waals surface area contributed by atoms with Crippen LogP contribution in [0.4, 0.5) is 11.4 Å². The number of nitrogens with one attached hydrogen (secondary N) is 1. The smallest absolute Gasteiger partial charge is 0.0433 e. The Bertz CT molecular complexity index is 1070. The fourth-order valence-corrected chi connectivity index (χ4v) is 5.10. The highest BCUT2D eigenvalue weighted by Crippen LogP contribution is 2.50. The summed E-state index contributed by atoms with van der Waals surface area (Å²) in [5, 5.41) is 6.43. The first-order valence-corrected chi connectivity index (χ1v) is 8.79. The first kappa shape index (κ1) is 13.1. The highest BCUT2D eigenvalue weighted by atomic mass is 32.1. The van der Waals surface area contributed by atoms with Gasteiger partial charge in [0.05, 0.1) is 0 Å². The van der Waals surface area contributed by atoms with E-state index in [-0.39, 0.29) is 5.41 Å². The second-order valence-corrected chi connectivity index (χ2v) is 7.84. The van der Waals surface area contributed by atoms with Crippen molar-refractivity contribution in [3.8, 4) is 0 Å². The van der Waals surface area contributed by atoms with Crippen LogP contribution in [0.15, 0.2) is 60.7 Å². The highest BCUT2D eigenvalue weighted by molar-refractivity contribution is 7.25. The first-order valence-electron chi connectivity index (χ1n) is 7.97. The van der Waals surface area contributed by atoms with Gasteiger partial charge in [0.2, 0.25) is 0 Å². The van der Waals surface area contributed by atoms with Crippen LogP contribution < -0.4 is 5.32 Å². The van der Waals surface area contributed by atoms with Crippen molar-refractivity contribution in [3.63, 3.8) is 0 Å². The summed E-state index contributed by atoms with van der Waals surface area (Å²) in [7, 11) is 0. The van der Waals surface area contributed by atoms with Gasteiger partial charge in [-0.3, -0.25) is 0 Å². The minimum absolute atomic E-state index is 0.0134. The molecule has 23 heavy (non-hydrogen) atoms. The number of anilines is 2. The number of hydrogen-bond donors (Lipinski definition) is 1. The van der Waals surface area contributed by atoms with E-state index in [1.165, 1.54) is 42.7 Å². The van der Waals surface area contributed by atoms with E-state index in [1.807, 2.05) is 11.3 Å². The molecule has 5 rings (SSSR count). The van der Waals surface area contributed by atoms with Gasteiger partial charge in [-0.2, -0.15) is 0 Å². The molecule has 112 valence electrons. The van der Waals surface area contributed by atoms with Crippen molar-refractivity contribution >= 4 is 42.9 Å². The van der Waals surface area contributed by atoms with Crippen molar-refractivity contribution in [2.24, 2.45) is 0 Å². The van der Waals surface area contributed by atoms with Crippen molar-refractivity contribution < 1.29 is 0 Å². The highest BCUT2D eigenvalue weighted by Gasteiger charge is 2.34. The van der Waals surface area contributed by atoms with Gasteiger partial charge in [0.25, 0.3) is 0 Å². The number of hydrogen-bond acceptors (Lipinski definition) is 2. The largest absolute Gasteiger partial charge is 0.355 e. The molecule has 0 radical (unpaired) electrons. The zero-order valence-corrected chi connectivity index (χ0v) is 14.0. The molecule has 1 aliphatic rings. The van der Waals surface area contributed by atoms with Crippen molar-refractivity contribution in [1.82, 2.24) is 0 Å². The molecule has 2 heteroatoms. The molecule has 1 aliphatic heterocycles. The molecule has 0 spiro atoms. The molecule has 3 aromatic carbocycles. The van der Waals surface area contributed by atoms with Gasteiger partial charge in [-0.25, -0.2) is 0 Å². The van der Waals surface area contributed by atoms with Gasteiger partial charge in [0.15, 0.2) is 0 Å². The lowest BCUT2D eigenvalue weighted by atomic mass is 9.73. The molecule has 1 nitrogen and oxygen atoms in total. The Morgan fingerprint density at radius 3 is 2.48 bits per heavy atom. The summed E-state index contributed by atoms with van der Waals surface area (Å²) in [6.07, 6.45) is 0. The van der Waals surface area contributed by atoms with Crippen LogP contribution in [0, 0.1) is 0 Å². The quantitative estimate of drug-likeness (QED) is 0.394. The van der Waals surface area contributed by atoms with Crippen molar-refractivity contribution in [3.05, 3.63) is 71.8 Å². The van der Waals surface area contributed by atoms with Crippen molar-refractivity contribution in [2.45, 2.75) is 19.3 Å². The lowest BCUT2D eigenvalue weighted by Crippen LogP contribution is -2.26. The third-order valence-corrected chi connectivity index (χ3v) is 6.17. The van der Waals surface area contributed by atoms with Crippen LogP contribution in [0.5, 0.6) is 0 Å². The third-order valence-electron chi connectivity index (χ3n) is 5.04. The van der Waals surface area contributed by atoms with E-state index < -0.39 is 0 Å². The molecule has 0 saturated heterocycles. The van der Waals surface area contributed by atoms with E-state index in [1.54, 1.807) is 0 Å². The Labute approximate surface area is 139 Å². The van der Waals surface area contributed by atoms with Gasteiger partial charge in [0, 0.05) is 37.0 Å². The van der Waals surface area contributed by atoms with Gasteiger partial charge in [-0.05, 0) is 35.4 Å². The normalized spacial score (nSPS) is 15.2. The van der Waals surface area contributed by atoms with Gasteiger partial charge in [0.1, 0.15) is 0 Å². The second kappa shape index (κ2) is 4.36. The molecular formula is C21H17NS. The fraction of sp³-hybridized carbons (Fsp3) is 0.143.